The summed E-state index contributed by atoms with van der Waals surface area (Å²) in [6.45, 7) is 12.0. The second kappa shape index (κ2) is 6.97. The van der Waals surface area contributed by atoms with Gasteiger partial charge >= 0.3 is 0 Å². The van der Waals surface area contributed by atoms with Crippen LogP contribution in [0.2, 0.25) is 0 Å². The SMILES string of the molecule is CC(C)CCN(C)CC(C)(NC(C)C)C(N)=O. The maximum absolute atomic E-state index is 11.6. The number of carbonyl (C=O) groups is 1. The zero-order valence-corrected chi connectivity index (χ0v) is 12.2. The van der Waals surface area contributed by atoms with Crippen molar-refractivity contribution in [3.8, 4) is 0 Å². The summed E-state index contributed by atoms with van der Waals surface area (Å²) in [5, 5.41) is 3.26. The highest BCUT2D eigenvalue weighted by Crippen LogP contribution is 2.09. The van der Waals surface area contributed by atoms with Crippen molar-refractivity contribution < 1.29 is 4.79 Å². The largest absolute Gasteiger partial charge is 0.368 e. The second-order valence-corrected chi connectivity index (χ2v) is 5.92. The number of hydrogen-bond acceptors (Lipinski definition) is 3. The smallest absolute Gasteiger partial charge is 0.238 e. The molecular formula is C13H29N3O. The lowest BCUT2D eigenvalue weighted by Crippen LogP contribution is -2.61. The molecule has 0 aliphatic heterocycles. The van der Waals surface area contributed by atoms with Gasteiger partial charge in [0.05, 0.1) is 0 Å². The van der Waals surface area contributed by atoms with Crippen LogP contribution < -0.4 is 11.1 Å². The molecule has 0 saturated heterocycles. The van der Waals surface area contributed by atoms with Crippen molar-refractivity contribution in [2.75, 3.05) is 20.1 Å². The number of nitrogens with zero attached hydrogens (tertiary/aromatic N) is 1. The first kappa shape index (κ1) is 16.4. The molecule has 4 nitrogen and oxygen atoms in total. The molecule has 1 unspecified atom stereocenters. The summed E-state index contributed by atoms with van der Waals surface area (Å²) in [6.07, 6.45) is 1.13. The molecule has 4 heteroatoms. The molecule has 3 N–H and O–H groups in total. The van der Waals surface area contributed by atoms with Crippen molar-refractivity contribution in [2.45, 2.75) is 52.6 Å². The molecular weight excluding hydrogens is 214 g/mol. The molecule has 0 spiro atoms. The molecule has 0 saturated carbocycles. The van der Waals surface area contributed by atoms with E-state index in [0.29, 0.717) is 12.5 Å². The Kier molecular flexibility index (Phi) is 6.72. The van der Waals surface area contributed by atoms with Gasteiger partial charge in [-0.15, -0.1) is 0 Å². The van der Waals surface area contributed by atoms with Gasteiger partial charge in [0.25, 0.3) is 0 Å². The van der Waals surface area contributed by atoms with Gasteiger partial charge in [-0.2, -0.15) is 0 Å². The van der Waals surface area contributed by atoms with Gasteiger partial charge in [0, 0.05) is 12.6 Å². The Morgan fingerprint density at radius 2 is 1.88 bits per heavy atom. The fourth-order valence-electron chi connectivity index (χ4n) is 1.93. The summed E-state index contributed by atoms with van der Waals surface area (Å²) in [5.74, 6) is 0.387. The molecule has 0 aliphatic carbocycles. The van der Waals surface area contributed by atoms with Crippen LogP contribution in [0.3, 0.4) is 0 Å². The normalized spacial score (nSPS) is 15.6. The molecule has 0 rings (SSSR count). The molecule has 0 aromatic carbocycles. The summed E-state index contributed by atoms with van der Waals surface area (Å²) >= 11 is 0. The van der Waals surface area contributed by atoms with Crippen LogP contribution in [0.25, 0.3) is 0 Å². The van der Waals surface area contributed by atoms with Gasteiger partial charge in [-0.25, -0.2) is 0 Å². The third kappa shape index (κ3) is 6.64. The van der Waals surface area contributed by atoms with Crippen molar-refractivity contribution in [1.29, 1.82) is 0 Å². The third-order valence-electron chi connectivity index (χ3n) is 2.83. The number of rotatable bonds is 8. The minimum Gasteiger partial charge on any atom is -0.368 e. The van der Waals surface area contributed by atoms with Crippen molar-refractivity contribution in [3.63, 3.8) is 0 Å². The number of nitrogens with two attached hydrogens (primary N) is 1. The van der Waals surface area contributed by atoms with E-state index in [1.807, 2.05) is 27.8 Å². The number of amides is 1. The quantitative estimate of drug-likeness (QED) is 0.673. The molecule has 0 fully saturated rings. The molecule has 0 bridgehead atoms. The molecule has 0 radical (unpaired) electrons. The van der Waals surface area contributed by atoms with Crippen molar-refractivity contribution in [2.24, 2.45) is 11.7 Å². The highest BCUT2D eigenvalue weighted by molar-refractivity contribution is 5.84. The van der Waals surface area contributed by atoms with E-state index in [2.05, 4.69) is 24.1 Å². The van der Waals surface area contributed by atoms with Gasteiger partial charge in [0.15, 0.2) is 0 Å². The maximum Gasteiger partial charge on any atom is 0.238 e. The van der Waals surface area contributed by atoms with Crippen molar-refractivity contribution in [1.82, 2.24) is 10.2 Å². The minimum atomic E-state index is -0.653. The van der Waals surface area contributed by atoms with Crippen LogP contribution in [0.4, 0.5) is 0 Å². The standard InChI is InChI=1S/C13H29N3O/c1-10(2)7-8-16(6)9-13(5,12(14)17)15-11(3)4/h10-11,15H,7-9H2,1-6H3,(H2,14,17). The van der Waals surface area contributed by atoms with E-state index >= 15 is 0 Å². The lowest BCUT2D eigenvalue weighted by atomic mass is 9.99. The van der Waals surface area contributed by atoms with Crippen LogP contribution in [-0.4, -0.2) is 42.5 Å². The van der Waals surface area contributed by atoms with E-state index in [1.54, 1.807) is 0 Å². The molecule has 1 atom stereocenters. The highest BCUT2D eigenvalue weighted by Gasteiger charge is 2.32. The monoisotopic (exact) mass is 243 g/mol. The first-order valence-corrected chi connectivity index (χ1v) is 6.43. The van der Waals surface area contributed by atoms with E-state index in [0.717, 1.165) is 13.0 Å². The number of hydrogen-bond donors (Lipinski definition) is 2. The molecule has 17 heavy (non-hydrogen) atoms. The first-order chi connectivity index (χ1) is 7.67. The van der Waals surface area contributed by atoms with Crippen LogP contribution in [0.5, 0.6) is 0 Å². The summed E-state index contributed by atoms with van der Waals surface area (Å²) in [4.78, 5) is 13.7. The average molecular weight is 243 g/mol. The van der Waals surface area contributed by atoms with Crippen molar-refractivity contribution >= 4 is 5.91 Å². The molecule has 0 aromatic heterocycles. The van der Waals surface area contributed by atoms with E-state index in [-0.39, 0.29) is 11.9 Å². The number of primary amides is 1. The van der Waals surface area contributed by atoms with Gasteiger partial charge in [0.2, 0.25) is 5.91 Å². The molecule has 102 valence electrons. The van der Waals surface area contributed by atoms with Crippen LogP contribution in [0.1, 0.15) is 41.0 Å². The Balaban J connectivity index is 4.38. The maximum atomic E-state index is 11.6. The van der Waals surface area contributed by atoms with E-state index < -0.39 is 5.54 Å². The predicted octanol–water partition coefficient (Wildman–Crippen LogP) is 1.21. The third-order valence-corrected chi connectivity index (χ3v) is 2.83. The average Bonchev–Trinajstić information content (AvgIpc) is 2.12. The summed E-state index contributed by atoms with van der Waals surface area (Å²) in [7, 11) is 2.03. The van der Waals surface area contributed by atoms with E-state index in [9.17, 15) is 4.79 Å². The lowest BCUT2D eigenvalue weighted by molar-refractivity contribution is -0.124. The molecule has 0 aromatic rings. The number of carbonyl (C=O) groups excluding carboxylic acids is 1. The Labute approximate surface area is 106 Å². The van der Waals surface area contributed by atoms with E-state index in [1.165, 1.54) is 0 Å². The Hall–Kier alpha value is -0.610. The van der Waals surface area contributed by atoms with Crippen LogP contribution >= 0.6 is 0 Å². The summed E-state index contributed by atoms with van der Waals surface area (Å²) in [5.41, 5.74) is 4.84. The highest BCUT2D eigenvalue weighted by atomic mass is 16.1. The lowest BCUT2D eigenvalue weighted by Gasteiger charge is -2.34. The Morgan fingerprint density at radius 3 is 2.24 bits per heavy atom. The van der Waals surface area contributed by atoms with Gasteiger partial charge < -0.3 is 16.0 Å². The Bertz CT molecular complexity index is 241. The molecule has 0 heterocycles. The molecule has 1 amide bonds. The van der Waals surface area contributed by atoms with Gasteiger partial charge in [0.1, 0.15) is 5.54 Å². The van der Waals surface area contributed by atoms with E-state index in [4.69, 9.17) is 5.73 Å². The zero-order chi connectivity index (χ0) is 13.6. The predicted molar refractivity (Wildman–Crippen MR) is 72.8 cm³/mol. The summed E-state index contributed by atoms with van der Waals surface area (Å²) in [6, 6.07) is 0.242. The fraction of sp³-hybridized carbons (Fsp3) is 0.923. The van der Waals surface area contributed by atoms with Crippen LogP contribution in [0.15, 0.2) is 0 Å². The van der Waals surface area contributed by atoms with Gasteiger partial charge in [-0.3, -0.25) is 4.79 Å². The first-order valence-electron chi connectivity index (χ1n) is 6.43. The number of nitrogens with one attached hydrogen (secondary N) is 1. The molecule has 0 aliphatic rings. The van der Waals surface area contributed by atoms with Crippen LogP contribution in [-0.2, 0) is 4.79 Å². The summed E-state index contributed by atoms with van der Waals surface area (Å²) < 4.78 is 0. The number of likely N-dealkylation sites (N-methyl/N-ethyl adjacent to an activating group) is 1. The second-order valence-electron chi connectivity index (χ2n) is 5.92. The van der Waals surface area contributed by atoms with Crippen LogP contribution in [0, 0.1) is 5.92 Å². The Morgan fingerprint density at radius 1 is 1.35 bits per heavy atom. The fourth-order valence-corrected chi connectivity index (χ4v) is 1.93. The van der Waals surface area contributed by atoms with Gasteiger partial charge in [-0.05, 0) is 46.7 Å². The van der Waals surface area contributed by atoms with Crippen molar-refractivity contribution in [3.05, 3.63) is 0 Å². The van der Waals surface area contributed by atoms with Gasteiger partial charge in [-0.1, -0.05) is 13.8 Å². The minimum absolute atomic E-state index is 0.242. The zero-order valence-electron chi connectivity index (χ0n) is 12.2. The topological polar surface area (TPSA) is 58.4 Å².